The number of para-hydroxylation sites is 1. The summed E-state index contributed by atoms with van der Waals surface area (Å²) in [6, 6.07) is 8.80. The predicted octanol–water partition coefficient (Wildman–Crippen LogP) is 3.80. The second kappa shape index (κ2) is 7.93. The van der Waals surface area contributed by atoms with Crippen LogP contribution in [0.15, 0.2) is 53.6 Å². The molecule has 2 amide bonds. The number of carbonyl (C=O) groups excluding carboxylic acids is 2. The van der Waals surface area contributed by atoms with Gasteiger partial charge in [-0.05, 0) is 55.7 Å². The quantitative estimate of drug-likeness (QED) is 0.616. The molecule has 1 aliphatic rings. The van der Waals surface area contributed by atoms with Gasteiger partial charge in [-0.15, -0.1) is 0 Å². The molecule has 5 heteroatoms. The van der Waals surface area contributed by atoms with Crippen LogP contribution in [0, 0.1) is 0 Å². The van der Waals surface area contributed by atoms with Crippen molar-refractivity contribution in [2.45, 2.75) is 39.3 Å². The SMILES string of the molecule is CCCCOC1(NC(=O)Nc2ccccc2)C(C)=CC(=O)C=C1C. The molecule has 1 aliphatic carbocycles. The van der Waals surface area contributed by atoms with Crippen molar-refractivity contribution in [3.63, 3.8) is 0 Å². The fourth-order valence-electron chi connectivity index (χ4n) is 2.66. The number of hydrogen-bond acceptors (Lipinski definition) is 3. The molecule has 1 aromatic rings. The lowest BCUT2D eigenvalue weighted by molar-refractivity contribution is -0.111. The number of amides is 2. The molecule has 2 N–H and O–H groups in total. The van der Waals surface area contributed by atoms with Crippen molar-refractivity contribution in [3.05, 3.63) is 53.6 Å². The monoisotopic (exact) mass is 328 g/mol. The number of ether oxygens (including phenoxy) is 1. The highest BCUT2D eigenvalue weighted by Crippen LogP contribution is 2.31. The van der Waals surface area contributed by atoms with Gasteiger partial charge in [0.2, 0.25) is 0 Å². The molecule has 0 radical (unpaired) electrons. The van der Waals surface area contributed by atoms with Crippen LogP contribution in [-0.2, 0) is 9.53 Å². The van der Waals surface area contributed by atoms with E-state index in [2.05, 4.69) is 17.6 Å². The number of urea groups is 1. The summed E-state index contributed by atoms with van der Waals surface area (Å²) < 4.78 is 6.03. The Kier molecular flexibility index (Phi) is 5.93. The zero-order chi connectivity index (χ0) is 17.6. The first-order valence-electron chi connectivity index (χ1n) is 8.17. The number of anilines is 1. The number of unbranched alkanes of at least 4 members (excludes halogenated alkanes) is 1. The van der Waals surface area contributed by atoms with Crippen LogP contribution >= 0.6 is 0 Å². The summed E-state index contributed by atoms with van der Waals surface area (Å²) in [5.74, 6) is -0.0926. The highest BCUT2D eigenvalue weighted by molar-refractivity contribution is 6.02. The second-order valence-corrected chi connectivity index (χ2v) is 5.89. The van der Waals surface area contributed by atoms with E-state index in [1.54, 1.807) is 26.0 Å². The average molecular weight is 328 g/mol. The maximum Gasteiger partial charge on any atom is 0.321 e. The summed E-state index contributed by atoms with van der Waals surface area (Å²) >= 11 is 0. The standard InChI is InChI=1S/C19H24N2O3/c1-4-5-11-24-19(14(2)12-17(22)13-15(19)3)21-18(23)20-16-9-7-6-8-10-16/h6-10,12-13H,4-5,11H2,1-3H3,(H2,20,21,23). The van der Waals surface area contributed by atoms with E-state index >= 15 is 0 Å². The Balaban J connectivity index is 2.20. The summed E-state index contributed by atoms with van der Waals surface area (Å²) in [6.07, 6.45) is 4.86. The molecule has 0 aliphatic heterocycles. The maximum atomic E-state index is 12.4. The van der Waals surface area contributed by atoms with Crippen molar-refractivity contribution in [3.8, 4) is 0 Å². The average Bonchev–Trinajstić information content (AvgIpc) is 2.53. The van der Waals surface area contributed by atoms with Crippen LogP contribution in [0.25, 0.3) is 0 Å². The highest BCUT2D eigenvalue weighted by atomic mass is 16.5. The molecule has 5 nitrogen and oxygen atoms in total. The van der Waals surface area contributed by atoms with E-state index in [9.17, 15) is 9.59 Å². The summed E-state index contributed by atoms with van der Waals surface area (Å²) in [6.45, 7) is 6.15. The smallest absolute Gasteiger partial charge is 0.321 e. The zero-order valence-electron chi connectivity index (χ0n) is 14.4. The molecule has 2 rings (SSSR count). The van der Waals surface area contributed by atoms with Crippen molar-refractivity contribution in [1.29, 1.82) is 0 Å². The van der Waals surface area contributed by atoms with E-state index in [1.165, 1.54) is 12.2 Å². The van der Waals surface area contributed by atoms with Gasteiger partial charge in [0, 0.05) is 5.69 Å². The van der Waals surface area contributed by atoms with E-state index in [1.807, 2.05) is 18.2 Å². The molecule has 0 atom stereocenters. The summed E-state index contributed by atoms with van der Waals surface area (Å²) in [7, 11) is 0. The number of ketones is 1. The molecule has 0 spiro atoms. The third-order valence-corrected chi connectivity index (χ3v) is 3.97. The molecule has 24 heavy (non-hydrogen) atoms. The van der Waals surface area contributed by atoms with Gasteiger partial charge in [0.1, 0.15) is 0 Å². The molecular formula is C19H24N2O3. The van der Waals surface area contributed by atoms with Gasteiger partial charge < -0.3 is 15.4 Å². The number of hydrogen-bond donors (Lipinski definition) is 2. The van der Waals surface area contributed by atoms with E-state index in [-0.39, 0.29) is 11.8 Å². The third-order valence-electron chi connectivity index (χ3n) is 3.97. The molecule has 0 heterocycles. The van der Waals surface area contributed by atoms with Crippen molar-refractivity contribution in [2.24, 2.45) is 0 Å². The van der Waals surface area contributed by atoms with Gasteiger partial charge in [0.25, 0.3) is 0 Å². The number of allylic oxidation sites excluding steroid dienone is 2. The first-order valence-corrected chi connectivity index (χ1v) is 8.17. The Morgan fingerprint density at radius 2 is 1.75 bits per heavy atom. The first kappa shape index (κ1) is 17.9. The Morgan fingerprint density at radius 3 is 2.33 bits per heavy atom. The number of nitrogens with one attached hydrogen (secondary N) is 2. The van der Waals surface area contributed by atoms with Crippen LogP contribution < -0.4 is 10.6 Å². The van der Waals surface area contributed by atoms with Crippen LogP contribution in [0.3, 0.4) is 0 Å². The topological polar surface area (TPSA) is 67.4 Å². The van der Waals surface area contributed by atoms with E-state index < -0.39 is 5.72 Å². The molecule has 0 unspecified atom stereocenters. The summed E-state index contributed by atoms with van der Waals surface area (Å²) in [5, 5.41) is 5.69. The van der Waals surface area contributed by atoms with Crippen molar-refractivity contribution >= 4 is 17.5 Å². The van der Waals surface area contributed by atoms with Crippen LogP contribution in [0.5, 0.6) is 0 Å². The lowest BCUT2D eigenvalue weighted by Gasteiger charge is -2.38. The van der Waals surface area contributed by atoms with Gasteiger partial charge in [-0.25, -0.2) is 4.79 Å². The number of benzene rings is 1. The van der Waals surface area contributed by atoms with Crippen LogP contribution in [-0.4, -0.2) is 24.1 Å². The van der Waals surface area contributed by atoms with Crippen LogP contribution in [0.4, 0.5) is 10.5 Å². The Hall–Kier alpha value is -2.40. The van der Waals surface area contributed by atoms with Crippen molar-refractivity contribution in [1.82, 2.24) is 5.32 Å². The minimum atomic E-state index is -1.08. The zero-order valence-corrected chi connectivity index (χ0v) is 14.4. The van der Waals surface area contributed by atoms with Crippen molar-refractivity contribution < 1.29 is 14.3 Å². The number of rotatable bonds is 6. The lowest BCUT2D eigenvalue weighted by atomic mass is 9.89. The van der Waals surface area contributed by atoms with Crippen LogP contribution in [0.1, 0.15) is 33.6 Å². The van der Waals surface area contributed by atoms with Gasteiger partial charge in [0.15, 0.2) is 11.5 Å². The Bertz CT molecular complexity index is 640. The number of carbonyl (C=O) groups is 2. The normalized spacial score (nSPS) is 16.2. The fourth-order valence-corrected chi connectivity index (χ4v) is 2.66. The third kappa shape index (κ3) is 4.11. The Morgan fingerprint density at radius 1 is 1.12 bits per heavy atom. The van der Waals surface area contributed by atoms with Gasteiger partial charge in [-0.2, -0.15) is 0 Å². The molecule has 0 aromatic heterocycles. The minimum absolute atomic E-state index is 0.0926. The first-order chi connectivity index (χ1) is 11.5. The van der Waals surface area contributed by atoms with Gasteiger partial charge >= 0.3 is 6.03 Å². The van der Waals surface area contributed by atoms with Gasteiger partial charge in [-0.1, -0.05) is 31.5 Å². The second-order valence-electron chi connectivity index (χ2n) is 5.89. The lowest BCUT2D eigenvalue weighted by Crippen LogP contribution is -2.55. The molecule has 0 saturated carbocycles. The minimum Gasteiger partial charge on any atom is -0.348 e. The van der Waals surface area contributed by atoms with Crippen LogP contribution in [0.2, 0.25) is 0 Å². The Labute approximate surface area is 142 Å². The predicted molar refractivity (Wildman–Crippen MR) is 94.7 cm³/mol. The largest absolute Gasteiger partial charge is 0.348 e. The molecule has 0 bridgehead atoms. The maximum absolute atomic E-state index is 12.4. The molecule has 0 saturated heterocycles. The van der Waals surface area contributed by atoms with Gasteiger partial charge in [-0.3, -0.25) is 4.79 Å². The molecule has 0 fully saturated rings. The molecular weight excluding hydrogens is 304 g/mol. The fraction of sp³-hybridized carbons (Fsp3) is 0.368. The van der Waals surface area contributed by atoms with Gasteiger partial charge in [0.05, 0.1) is 6.61 Å². The summed E-state index contributed by atoms with van der Waals surface area (Å²) in [5.41, 5.74) is 0.953. The highest BCUT2D eigenvalue weighted by Gasteiger charge is 2.39. The van der Waals surface area contributed by atoms with Crippen molar-refractivity contribution in [2.75, 3.05) is 11.9 Å². The van der Waals surface area contributed by atoms with E-state index in [4.69, 9.17) is 4.74 Å². The molecule has 1 aromatic carbocycles. The van der Waals surface area contributed by atoms with E-state index in [0.717, 1.165) is 12.8 Å². The van der Waals surface area contributed by atoms with E-state index in [0.29, 0.717) is 23.4 Å². The summed E-state index contributed by atoms with van der Waals surface area (Å²) in [4.78, 5) is 24.2. The molecule has 128 valence electrons.